The van der Waals surface area contributed by atoms with Gasteiger partial charge in [-0.05, 0) is 6.92 Å². The molecule has 2 rings (SSSR count). The average molecular weight is 280 g/mol. The number of rotatable bonds is 2. The lowest BCUT2D eigenvalue weighted by Crippen LogP contribution is -2.10. The first-order valence-corrected chi connectivity index (χ1v) is 7.09. The summed E-state index contributed by atoms with van der Waals surface area (Å²) in [5.74, 6) is -0.439. The molecule has 2 aromatic rings. The van der Waals surface area contributed by atoms with Crippen LogP contribution in [0, 0.1) is 12.4 Å². The van der Waals surface area contributed by atoms with Gasteiger partial charge in [0.25, 0.3) is 5.91 Å². The standard InChI is InChI=1S/C12H14N3OS2/c1-6-8(17-5-14-6)7-9(10(13)16)18-11(15-7)12(2,3)4/h1-4H3,(H2,13,16). The number of hydrogen-bond acceptors (Lipinski definition) is 5. The minimum atomic E-state index is -0.439. The Balaban J connectivity index is 2.63. The van der Waals surface area contributed by atoms with Crippen molar-refractivity contribution in [3.8, 4) is 10.6 Å². The van der Waals surface area contributed by atoms with Gasteiger partial charge in [-0.2, -0.15) is 0 Å². The van der Waals surface area contributed by atoms with Crippen molar-refractivity contribution >= 4 is 28.6 Å². The molecule has 0 aliphatic carbocycles. The van der Waals surface area contributed by atoms with E-state index in [9.17, 15) is 4.79 Å². The highest BCUT2D eigenvalue weighted by atomic mass is 32.1. The zero-order chi connectivity index (χ0) is 13.5. The minimum Gasteiger partial charge on any atom is -0.365 e. The smallest absolute Gasteiger partial charge is 0.261 e. The lowest BCUT2D eigenvalue weighted by atomic mass is 9.98. The van der Waals surface area contributed by atoms with Gasteiger partial charge in [0.05, 0.1) is 15.6 Å². The second-order valence-electron chi connectivity index (χ2n) is 5.03. The fraction of sp³-hybridized carbons (Fsp3) is 0.417. The van der Waals surface area contributed by atoms with Gasteiger partial charge in [-0.25, -0.2) is 9.97 Å². The first-order valence-electron chi connectivity index (χ1n) is 5.45. The molecule has 0 aliphatic heterocycles. The molecule has 0 bridgehead atoms. The van der Waals surface area contributed by atoms with Gasteiger partial charge in [0.15, 0.2) is 5.51 Å². The van der Waals surface area contributed by atoms with Crippen molar-refractivity contribution in [3.05, 3.63) is 21.1 Å². The van der Waals surface area contributed by atoms with Crippen molar-refractivity contribution in [1.82, 2.24) is 9.97 Å². The van der Waals surface area contributed by atoms with Crippen LogP contribution in [0.3, 0.4) is 0 Å². The number of thiazole rings is 2. The molecule has 0 spiro atoms. The third kappa shape index (κ3) is 2.30. The monoisotopic (exact) mass is 280 g/mol. The zero-order valence-corrected chi connectivity index (χ0v) is 12.3. The summed E-state index contributed by atoms with van der Waals surface area (Å²) in [6, 6.07) is 0. The Hall–Kier alpha value is -1.27. The van der Waals surface area contributed by atoms with Gasteiger partial charge in [0.2, 0.25) is 0 Å². The molecule has 95 valence electrons. The minimum absolute atomic E-state index is 0.102. The van der Waals surface area contributed by atoms with E-state index >= 15 is 0 Å². The number of primary amides is 1. The number of aromatic nitrogens is 2. The van der Waals surface area contributed by atoms with E-state index in [2.05, 4.69) is 36.2 Å². The highest BCUT2D eigenvalue weighted by Gasteiger charge is 2.25. The van der Waals surface area contributed by atoms with E-state index in [1.54, 1.807) is 0 Å². The molecule has 18 heavy (non-hydrogen) atoms. The highest BCUT2D eigenvalue weighted by Crippen LogP contribution is 2.36. The maximum Gasteiger partial charge on any atom is 0.261 e. The van der Waals surface area contributed by atoms with Crippen molar-refractivity contribution in [2.24, 2.45) is 5.73 Å². The van der Waals surface area contributed by atoms with Gasteiger partial charge >= 0.3 is 0 Å². The fourth-order valence-corrected chi connectivity index (χ4v) is 3.20. The maximum absolute atomic E-state index is 11.5. The molecule has 0 atom stereocenters. The van der Waals surface area contributed by atoms with E-state index in [1.165, 1.54) is 22.7 Å². The Kier molecular flexibility index (Phi) is 3.25. The normalized spacial score (nSPS) is 11.8. The molecular weight excluding hydrogens is 266 g/mol. The topological polar surface area (TPSA) is 68.9 Å². The van der Waals surface area contributed by atoms with Crippen LogP contribution in [0.4, 0.5) is 0 Å². The number of nitrogens with zero attached hydrogens (tertiary/aromatic N) is 2. The molecule has 6 heteroatoms. The quantitative estimate of drug-likeness (QED) is 0.919. The van der Waals surface area contributed by atoms with Gasteiger partial charge in [0.1, 0.15) is 10.6 Å². The largest absolute Gasteiger partial charge is 0.365 e. The predicted octanol–water partition coefficient (Wildman–Crippen LogP) is 2.77. The molecular formula is C12H14N3OS2. The van der Waals surface area contributed by atoms with Crippen LogP contribution in [-0.4, -0.2) is 15.9 Å². The van der Waals surface area contributed by atoms with Crippen LogP contribution in [0.25, 0.3) is 10.6 Å². The summed E-state index contributed by atoms with van der Waals surface area (Å²) >= 11 is 2.72. The summed E-state index contributed by atoms with van der Waals surface area (Å²) < 4.78 is 0. The summed E-state index contributed by atoms with van der Waals surface area (Å²) in [6.07, 6.45) is 0. The third-order valence-corrected chi connectivity index (χ3v) is 4.77. The average Bonchev–Trinajstić information content (AvgIpc) is 2.81. The molecule has 0 aromatic carbocycles. The van der Waals surface area contributed by atoms with Gasteiger partial charge in [-0.15, -0.1) is 22.7 Å². The summed E-state index contributed by atoms with van der Waals surface area (Å²) in [6.45, 7) is 8.06. The summed E-state index contributed by atoms with van der Waals surface area (Å²) in [4.78, 5) is 21.6. The van der Waals surface area contributed by atoms with Crippen LogP contribution in [0.2, 0.25) is 0 Å². The Bertz CT molecular complexity index is 593. The lowest BCUT2D eigenvalue weighted by Gasteiger charge is -2.13. The van der Waals surface area contributed by atoms with E-state index < -0.39 is 5.91 Å². The van der Waals surface area contributed by atoms with Gasteiger partial charge in [-0.1, -0.05) is 20.8 Å². The summed E-state index contributed by atoms with van der Waals surface area (Å²) in [5.41, 5.74) is 9.62. The molecule has 2 aromatic heterocycles. The lowest BCUT2D eigenvalue weighted by molar-refractivity contribution is 0.100. The number of carbonyl (C=O) groups is 1. The Morgan fingerprint density at radius 2 is 2.06 bits per heavy atom. The number of amides is 1. The van der Waals surface area contributed by atoms with Crippen molar-refractivity contribution in [1.29, 1.82) is 0 Å². The Morgan fingerprint density at radius 1 is 1.39 bits per heavy atom. The molecule has 0 saturated heterocycles. The predicted molar refractivity (Wildman–Crippen MR) is 74.0 cm³/mol. The summed E-state index contributed by atoms with van der Waals surface area (Å²) in [5, 5.41) is 0.902. The highest BCUT2D eigenvalue weighted by molar-refractivity contribution is 7.16. The van der Waals surface area contributed by atoms with Crippen LogP contribution in [0.5, 0.6) is 0 Å². The molecule has 4 nitrogen and oxygen atoms in total. The molecule has 0 aliphatic rings. The van der Waals surface area contributed by atoms with Crippen molar-refractivity contribution in [2.45, 2.75) is 33.1 Å². The van der Waals surface area contributed by atoms with Crippen LogP contribution < -0.4 is 5.73 Å². The van der Waals surface area contributed by atoms with Crippen LogP contribution in [-0.2, 0) is 5.41 Å². The Morgan fingerprint density at radius 3 is 2.50 bits per heavy atom. The van der Waals surface area contributed by atoms with Gasteiger partial charge < -0.3 is 5.73 Å². The van der Waals surface area contributed by atoms with Crippen molar-refractivity contribution in [3.63, 3.8) is 0 Å². The Labute approximate surface area is 114 Å². The van der Waals surface area contributed by atoms with E-state index in [0.29, 0.717) is 10.6 Å². The SMILES string of the molecule is Cc1n[c]sc1-c1nc(C(C)(C)C)sc1C(N)=O. The number of carbonyl (C=O) groups excluding carboxylic acids is 1. The van der Waals surface area contributed by atoms with Crippen molar-refractivity contribution < 1.29 is 4.79 Å². The summed E-state index contributed by atoms with van der Waals surface area (Å²) in [7, 11) is 0. The molecule has 2 heterocycles. The third-order valence-electron chi connectivity index (χ3n) is 2.40. The van der Waals surface area contributed by atoms with E-state index in [1.807, 2.05) is 6.92 Å². The molecule has 0 saturated carbocycles. The molecule has 0 fully saturated rings. The number of aryl methyl sites for hydroxylation is 1. The molecule has 1 radical (unpaired) electrons. The van der Waals surface area contributed by atoms with Crippen molar-refractivity contribution in [2.75, 3.05) is 0 Å². The van der Waals surface area contributed by atoms with Crippen LogP contribution >= 0.6 is 22.7 Å². The first-order chi connectivity index (χ1) is 8.30. The molecule has 1 amide bonds. The van der Waals surface area contributed by atoms with Gasteiger partial charge in [-0.3, -0.25) is 4.79 Å². The number of nitrogens with two attached hydrogens (primary N) is 1. The fourth-order valence-electron chi connectivity index (χ4n) is 1.44. The zero-order valence-electron chi connectivity index (χ0n) is 10.7. The van der Waals surface area contributed by atoms with E-state index in [-0.39, 0.29) is 5.41 Å². The van der Waals surface area contributed by atoms with Gasteiger partial charge in [0, 0.05) is 5.41 Å². The second kappa shape index (κ2) is 4.44. The van der Waals surface area contributed by atoms with Crippen LogP contribution in [0.1, 0.15) is 41.1 Å². The second-order valence-corrected chi connectivity index (χ2v) is 6.82. The molecule has 2 N–H and O–H groups in total. The van der Waals surface area contributed by atoms with E-state index in [4.69, 9.17) is 5.73 Å². The first kappa shape index (κ1) is 13.2. The molecule has 0 unspecified atom stereocenters. The number of hydrogen-bond donors (Lipinski definition) is 1. The van der Waals surface area contributed by atoms with E-state index in [0.717, 1.165) is 15.6 Å². The van der Waals surface area contributed by atoms with Crippen LogP contribution in [0.15, 0.2) is 0 Å². The maximum atomic E-state index is 11.5.